The molecule has 1 saturated heterocycles. The Morgan fingerprint density at radius 2 is 1.76 bits per heavy atom. The summed E-state index contributed by atoms with van der Waals surface area (Å²) in [7, 11) is 0. The molecule has 0 N–H and O–H groups in total. The number of aromatic nitrogens is 1. The predicted molar refractivity (Wildman–Crippen MR) is 67.4 cm³/mol. The molecule has 1 fully saturated rings. The van der Waals surface area contributed by atoms with E-state index in [9.17, 15) is 4.79 Å². The van der Waals surface area contributed by atoms with Gasteiger partial charge in [0.15, 0.2) is 0 Å². The molecular formula is C14H14N2O. The summed E-state index contributed by atoms with van der Waals surface area (Å²) in [4.78, 5) is 13.6. The molecule has 1 aromatic heterocycles. The zero-order valence-corrected chi connectivity index (χ0v) is 9.54. The van der Waals surface area contributed by atoms with Gasteiger partial charge in [-0.25, -0.2) is 0 Å². The van der Waals surface area contributed by atoms with Crippen LogP contribution in [0.5, 0.6) is 0 Å². The first kappa shape index (κ1) is 10.1. The quantitative estimate of drug-likeness (QED) is 0.772. The molecule has 0 unspecified atom stereocenters. The Bertz CT molecular complexity index is 531. The molecule has 0 spiro atoms. The zero-order valence-electron chi connectivity index (χ0n) is 9.54. The van der Waals surface area contributed by atoms with Crippen LogP contribution in [0.4, 0.5) is 5.69 Å². The third kappa shape index (κ3) is 1.84. The van der Waals surface area contributed by atoms with E-state index in [1.54, 1.807) is 0 Å². The standard InChI is InChI=1S/C14H14N2O/c17-14-7-4-10-16(14)13-6-3-5-12(11-13)15-8-1-2-9-15/h1-3,5-6,8-9,11H,4,7,10H2. The fraction of sp³-hybridized carbons (Fsp3) is 0.214. The summed E-state index contributed by atoms with van der Waals surface area (Å²) in [6, 6.07) is 12.1. The van der Waals surface area contributed by atoms with Gasteiger partial charge in [-0.3, -0.25) is 4.79 Å². The van der Waals surface area contributed by atoms with Crippen LogP contribution >= 0.6 is 0 Å². The lowest BCUT2D eigenvalue weighted by Gasteiger charge is -2.16. The van der Waals surface area contributed by atoms with Gasteiger partial charge in [0.05, 0.1) is 0 Å². The SMILES string of the molecule is O=C1CCCN1c1cccc(-n2cccc2)c1. The maximum absolute atomic E-state index is 11.7. The highest BCUT2D eigenvalue weighted by atomic mass is 16.2. The summed E-state index contributed by atoms with van der Waals surface area (Å²) in [6.07, 6.45) is 5.65. The fourth-order valence-electron chi connectivity index (χ4n) is 2.25. The van der Waals surface area contributed by atoms with Crippen molar-refractivity contribution in [3.8, 4) is 5.69 Å². The molecule has 1 aromatic carbocycles. The maximum Gasteiger partial charge on any atom is 0.227 e. The van der Waals surface area contributed by atoms with Crippen LogP contribution in [0.25, 0.3) is 5.69 Å². The van der Waals surface area contributed by atoms with Gasteiger partial charge in [0, 0.05) is 36.7 Å². The summed E-state index contributed by atoms with van der Waals surface area (Å²) in [5.74, 6) is 0.231. The van der Waals surface area contributed by atoms with E-state index in [0.717, 1.165) is 24.3 Å². The van der Waals surface area contributed by atoms with Gasteiger partial charge in [-0.05, 0) is 36.8 Å². The highest BCUT2D eigenvalue weighted by Gasteiger charge is 2.21. The minimum absolute atomic E-state index is 0.231. The third-order valence-electron chi connectivity index (χ3n) is 3.12. The second-order valence-corrected chi connectivity index (χ2v) is 4.26. The summed E-state index contributed by atoms with van der Waals surface area (Å²) >= 11 is 0. The lowest BCUT2D eigenvalue weighted by molar-refractivity contribution is -0.117. The van der Waals surface area contributed by atoms with Gasteiger partial charge in [0.2, 0.25) is 5.91 Å². The van der Waals surface area contributed by atoms with Crippen LogP contribution in [0.1, 0.15) is 12.8 Å². The van der Waals surface area contributed by atoms with Crippen molar-refractivity contribution in [2.75, 3.05) is 11.4 Å². The molecule has 0 radical (unpaired) electrons. The topological polar surface area (TPSA) is 25.2 Å². The molecule has 0 bridgehead atoms. The van der Waals surface area contributed by atoms with Crippen LogP contribution in [0.2, 0.25) is 0 Å². The first-order valence-corrected chi connectivity index (χ1v) is 5.88. The molecule has 86 valence electrons. The van der Waals surface area contributed by atoms with E-state index in [1.807, 2.05) is 52.2 Å². The second kappa shape index (κ2) is 4.09. The Morgan fingerprint density at radius 3 is 2.47 bits per heavy atom. The van der Waals surface area contributed by atoms with Gasteiger partial charge in [0.25, 0.3) is 0 Å². The number of hydrogen-bond acceptors (Lipinski definition) is 1. The van der Waals surface area contributed by atoms with Crippen molar-refractivity contribution in [2.45, 2.75) is 12.8 Å². The number of carbonyl (C=O) groups excluding carboxylic acids is 1. The minimum Gasteiger partial charge on any atom is -0.324 e. The Morgan fingerprint density at radius 1 is 1.00 bits per heavy atom. The van der Waals surface area contributed by atoms with Crippen molar-refractivity contribution < 1.29 is 4.79 Å². The van der Waals surface area contributed by atoms with E-state index in [0.29, 0.717) is 6.42 Å². The van der Waals surface area contributed by atoms with Crippen molar-refractivity contribution >= 4 is 11.6 Å². The number of anilines is 1. The minimum atomic E-state index is 0.231. The van der Waals surface area contributed by atoms with Gasteiger partial charge < -0.3 is 9.47 Å². The molecule has 1 aliphatic heterocycles. The van der Waals surface area contributed by atoms with Gasteiger partial charge in [-0.15, -0.1) is 0 Å². The van der Waals surface area contributed by atoms with Crippen molar-refractivity contribution in [3.63, 3.8) is 0 Å². The van der Waals surface area contributed by atoms with Crippen LogP contribution < -0.4 is 4.90 Å². The first-order valence-electron chi connectivity index (χ1n) is 5.88. The van der Waals surface area contributed by atoms with Gasteiger partial charge in [-0.2, -0.15) is 0 Å². The highest BCUT2D eigenvalue weighted by molar-refractivity contribution is 5.95. The number of carbonyl (C=O) groups is 1. The van der Waals surface area contributed by atoms with Crippen LogP contribution in [-0.4, -0.2) is 17.0 Å². The molecule has 2 aromatic rings. The Hall–Kier alpha value is -2.03. The lowest BCUT2D eigenvalue weighted by atomic mass is 10.2. The Balaban J connectivity index is 1.97. The van der Waals surface area contributed by atoms with Crippen molar-refractivity contribution in [1.29, 1.82) is 0 Å². The molecule has 0 atom stereocenters. The van der Waals surface area contributed by atoms with E-state index in [1.165, 1.54) is 0 Å². The predicted octanol–water partition coefficient (Wildman–Crippen LogP) is 2.60. The largest absolute Gasteiger partial charge is 0.324 e. The normalized spacial score (nSPS) is 15.5. The van der Waals surface area contributed by atoms with Crippen molar-refractivity contribution in [3.05, 3.63) is 48.8 Å². The third-order valence-corrected chi connectivity index (χ3v) is 3.12. The molecule has 1 aliphatic rings. The van der Waals surface area contributed by atoms with Crippen molar-refractivity contribution in [2.24, 2.45) is 0 Å². The second-order valence-electron chi connectivity index (χ2n) is 4.26. The molecule has 3 heteroatoms. The molecule has 2 heterocycles. The molecule has 1 amide bonds. The van der Waals surface area contributed by atoms with Gasteiger partial charge in [0.1, 0.15) is 0 Å². The molecule has 3 rings (SSSR count). The lowest BCUT2D eigenvalue weighted by Crippen LogP contribution is -2.23. The summed E-state index contributed by atoms with van der Waals surface area (Å²) in [5.41, 5.74) is 2.09. The maximum atomic E-state index is 11.7. The average Bonchev–Trinajstić information content (AvgIpc) is 2.99. The van der Waals surface area contributed by atoms with Crippen molar-refractivity contribution in [1.82, 2.24) is 4.57 Å². The molecule has 3 nitrogen and oxygen atoms in total. The molecule has 17 heavy (non-hydrogen) atoms. The van der Waals surface area contributed by atoms with Crippen LogP contribution in [0, 0.1) is 0 Å². The fourth-order valence-corrected chi connectivity index (χ4v) is 2.25. The van der Waals surface area contributed by atoms with Gasteiger partial charge >= 0.3 is 0 Å². The summed E-state index contributed by atoms with van der Waals surface area (Å²) < 4.78 is 2.05. The number of amides is 1. The van der Waals surface area contributed by atoms with Gasteiger partial charge in [-0.1, -0.05) is 6.07 Å². The van der Waals surface area contributed by atoms with Crippen LogP contribution in [-0.2, 0) is 4.79 Å². The number of benzene rings is 1. The average molecular weight is 226 g/mol. The smallest absolute Gasteiger partial charge is 0.227 e. The molecule has 0 aliphatic carbocycles. The number of rotatable bonds is 2. The summed E-state index contributed by atoms with van der Waals surface area (Å²) in [6.45, 7) is 0.841. The molecule has 0 saturated carbocycles. The van der Waals surface area contributed by atoms with E-state index < -0.39 is 0 Å². The van der Waals surface area contributed by atoms with E-state index in [-0.39, 0.29) is 5.91 Å². The van der Waals surface area contributed by atoms with E-state index in [4.69, 9.17) is 0 Å². The molecular weight excluding hydrogens is 212 g/mol. The first-order chi connectivity index (χ1) is 8.34. The zero-order chi connectivity index (χ0) is 11.7. The Kier molecular flexibility index (Phi) is 2.44. The number of hydrogen-bond donors (Lipinski definition) is 0. The van der Waals surface area contributed by atoms with Crippen LogP contribution in [0.3, 0.4) is 0 Å². The monoisotopic (exact) mass is 226 g/mol. The van der Waals surface area contributed by atoms with E-state index in [2.05, 4.69) is 6.07 Å². The van der Waals surface area contributed by atoms with E-state index >= 15 is 0 Å². The summed E-state index contributed by atoms with van der Waals surface area (Å²) in [5, 5.41) is 0. The van der Waals surface area contributed by atoms with Crippen LogP contribution in [0.15, 0.2) is 48.8 Å². The number of nitrogens with zero attached hydrogens (tertiary/aromatic N) is 2. The Labute approximate surface area is 100 Å². The highest BCUT2D eigenvalue weighted by Crippen LogP contribution is 2.23.